The van der Waals surface area contributed by atoms with Crippen molar-refractivity contribution in [3.63, 3.8) is 0 Å². The molecule has 5 heteroatoms. The third-order valence-corrected chi connectivity index (χ3v) is 4.52. The summed E-state index contributed by atoms with van der Waals surface area (Å²) in [6.45, 7) is 0. The van der Waals surface area contributed by atoms with Crippen LogP contribution in [0.3, 0.4) is 0 Å². The zero-order chi connectivity index (χ0) is 17.4. The number of fused-ring (bicyclic) bond motifs is 1. The number of nitrogens with zero attached hydrogens (tertiary/aromatic N) is 1. The Morgan fingerprint density at radius 1 is 1.08 bits per heavy atom. The summed E-state index contributed by atoms with van der Waals surface area (Å²) in [5, 5.41) is 1.78. The van der Waals surface area contributed by atoms with Crippen LogP contribution in [-0.2, 0) is 0 Å². The van der Waals surface area contributed by atoms with Crippen LogP contribution in [0.5, 0.6) is 0 Å². The molecule has 2 aromatic heterocycles. The highest BCUT2D eigenvalue weighted by Crippen LogP contribution is 2.31. The number of nitrogens with one attached hydrogen (secondary N) is 1. The lowest BCUT2D eigenvalue weighted by Crippen LogP contribution is -2.04. The lowest BCUT2D eigenvalue weighted by Gasteiger charge is -2.07. The molecule has 1 unspecified atom stereocenters. The van der Waals surface area contributed by atoms with Crippen LogP contribution < -0.4 is 11.0 Å². The molecule has 0 aliphatic heterocycles. The van der Waals surface area contributed by atoms with Gasteiger partial charge in [0.2, 0.25) is 0 Å². The number of carbonyl (C=O) groups is 1. The molecule has 0 spiro atoms. The summed E-state index contributed by atoms with van der Waals surface area (Å²) >= 11 is 0. The predicted molar refractivity (Wildman–Crippen MR) is 105 cm³/mol. The Morgan fingerprint density at radius 3 is 2.72 bits per heavy atom. The maximum atomic E-state index is 13.0. The van der Waals surface area contributed by atoms with E-state index in [-0.39, 0.29) is 5.78 Å². The molecule has 0 aliphatic rings. The highest BCUT2D eigenvalue weighted by atomic mass is 31.0. The fourth-order valence-electron chi connectivity index (χ4n) is 3.02. The molecule has 0 saturated carbocycles. The van der Waals surface area contributed by atoms with Gasteiger partial charge in [-0.05, 0) is 40.7 Å². The first-order valence-electron chi connectivity index (χ1n) is 7.86. The van der Waals surface area contributed by atoms with Crippen LogP contribution >= 0.6 is 9.24 Å². The lowest BCUT2D eigenvalue weighted by molar-refractivity contribution is 0.104. The number of anilines is 1. The number of hydrogen-bond acceptors (Lipinski definition) is 3. The van der Waals surface area contributed by atoms with Crippen LogP contribution in [0.1, 0.15) is 15.9 Å². The maximum Gasteiger partial charge on any atom is 0.195 e. The first kappa shape index (κ1) is 15.6. The molecule has 0 bridgehead atoms. The fourth-order valence-corrected chi connectivity index (χ4v) is 3.31. The van der Waals surface area contributed by atoms with E-state index in [9.17, 15) is 4.79 Å². The Hall–Kier alpha value is -2.97. The van der Waals surface area contributed by atoms with Gasteiger partial charge < -0.3 is 10.7 Å². The van der Waals surface area contributed by atoms with E-state index < -0.39 is 0 Å². The van der Waals surface area contributed by atoms with Gasteiger partial charge in [0, 0.05) is 29.0 Å². The van der Waals surface area contributed by atoms with Gasteiger partial charge in [0.1, 0.15) is 5.65 Å². The van der Waals surface area contributed by atoms with E-state index in [1.807, 2.05) is 54.6 Å². The van der Waals surface area contributed by atoms with Gasteiger partial charge in [-0.25, -0.2) is 4.98 Å². The average molecular weight is 345 g/mol. The lowest BCUT2D eigenvalue weighted by atomic mass is 9.97. The molecule has 122 valence electrons. The largest absolute Gasteiger partial charge is 0.399 e. The van der Waals surface area contributed by atoms with Crippen molar-refractivity contribution in [2.75, 3.05) is 5.73 Å². The van der Waals surface area contributed by atoms with Crippen LogP contribution in [0.25, 0.3) is 22.2 Å². The number of rotatable bonds is 3. The number of benzene rings is 2. The molecule has 0 fully saturated rings. The third-order valence-electron chi connectivity index (χ3n) is 4.16. The van der Waals surface area contributed by atoms with Gasteiger partial charge in [-0.15, -0.1) is 9.24 Å². The van der Waals surface area contributed by atoms with Gasteiger partial charge in [0.05, 0.1) is 5.56 Å². The SMILES string of the molecule is Nc1cccc(-c2ccnc3[nH]cc(C(=O)c4cccc(P)c4)c23)c1. The molecular formula is C20H16N3OP. The highest BCUT2D eigenvalue weighted by molar-refractivity contribution is 7.27. The second-order valence-corrected chi connectivity index (χ2v) is 6.53. The van der Waals surface area contributed by atoms with E-state index in [4.69, 9.17) is 5.73 Å². The van der Waals surface area contributed by atoms with E-state index in [1.54, 1.807) is 12.4 Å². The molecule has 0 radical (unpaired) electrons. The Labute approximate surface area is 147 Å². The van der Waals surface area contributed by atoms with E-state index >= 15 is 0 Å². The van der Waals surface area contributed by atoms with Crippen LogP contribution in [0.2, 0.25) is 0 Å². The van der Waals surface area contributed by atoms with Crippen molar-refractivity contribution >= 4 is 37.0 Å². The van der Waals surface area contributed by atoms with Gasteiger partial charge in [-0.1, -0.05) is 30.3 Å². The first-order valence-corrected chi connectivity index (χ1v) is 8.43. The molecule has 4 aromatic rings. The summed E-state index contributed by atoms with van der Waals surface area (Å²) in [7, 11) is 2.62. The molecule has 25 heavy (non-hydrogen) atoms. The van der Waals surface area contributed by atoms with Gasteiger partial charge in [0.15, 0.2) is 5.78 Å². The number of H-pyrrole nitrogens is 1. The minimum atomic E-state index is -0.0336. The molecule has 2 heterocycles. The number of carbonyl (C=O) groups excluding carboxylic acids is 1. The summed E-state index contributed by atoms with van der Waals surface area (Å²) in [6.07, 6.45) is 3.46. The highest BCUT2D eigenvalue weighted by Gasteiger charge is 2.18. The van der Waals surface area contributed by atoms with Crippen molar-refractivity contribution in [3.05, 3.63) is 78.1 Å². The van der Waals surface area contributed by atoms with Gasteiger partial charge in [-0.2, -0.15) is 0 Å². The second kappa shape index (κ2) is 6.15. The van der Waals surface area contributed by atoms with E-state index in [1.165, 1.54) is 0 Å². The molecule has 3 N–H and O–H groups in total. The minimum Gasteiger partial charge on any atom is -0.399 e. The molecule has 0 saturated heterocycles. The molecule has 4 rings (SSSR count). The van der Waals surface area contributed by atoms with Crippen molar-refractivity contribution in [2.45, 2.75) is 0 Å². The number of nitrogen functional groups attached to an aromatic ring is 1. The molecule has 0 amide bonds. The summed E-state index contributed by atoms with van der Waals surface area (Å²) in [6, 6.07) is 17.0. The predicted octanol–water partition coefficient (Wildman–Crippen LogP) is 3.54. The summed E-state index contributed by atoms with van der Waals surface area (Å²) in [4.78, 5) is 20.5. The number of nitrogens with two attached hydrogens (primary N) is 1. The van der Waals surface area contributed by atoms with Crippen molar-refractivity contribution in [3.8, 4) is 11.1 Å². The van der Waals surface area contributed by atoms with Crippen molar-refractivity contribution in [1.82, 2.24) is 9.97 Å². The Morgan fingerprint density at radius 2 is 1.92 bits per heavy atom. The van der Waals surface area contributed by atoms with E-state index in [2.05, 4.69) is 19.2 Å². The second-order valence-electron chi connectivity index (χ2n) is 5.86. The molecule has 1 atom stereocenters. The molecule has 4 nitrogen and oxygen atoms in total. The maximum absolute atomic E-state index is 13.0. The fraction of sp³-hybridized carbons (Fsp3) is 0. The summed E-state index contributed by atoms with van der Waals surface area (Å²) in [5.41, 5.74) is 10.4. The first-order chi connectivity index (χ1) is 12.1. The molecule has 2 aromatic carbocycles. The van der Waals surface area contributed by atoms with Gasteiger partial charge in [-0.3, -0.25) is 4.79 Å². The number of pyridine rings is 1. The Balaban J connectivity index is 1.93. The van der Waals surface area contributed by atoms with E-state index in [0.29, 0.717) is 22.5 Å². The Bertz CT molecular complexity index is 1100. The smallest absolute Gasteiger partial charge is 0.195 e. The number of aromatic amines is 1. The minimum absolute atomic E-state index is 0.0336. The number of hydrogen-bond donors (Lipinski definition) is 2. The van der Waals surface area contributed by atoms with Crippen LogP contribution in [0, 0.1) is 0 Å². The Kier molecular flexibility index (Phi) is 3.83. The van der Waals surface area contributed by atoms with Gasteiger partial charge >= 0.3 is 0 Å². The standard InChI is InChI=1S/C20H16N3OP/c21-14-5-1-3-12(9-14)16-7-8-22-20-18(16)17(11-23-20)19(24)13-4-2-6-15(25)10-13/h1-11H,21,25H2,(H,22,23). The monoisotopic (exact) mass is 345 g/mol. The number of ketones is 1. The van der Waals surface area contributed by atoms with Crippen LogP contribution in [-0.4, -0.2) is 15.8 Å². The van der Waals surface area contributed by atoms with Crippen molar-refractivity contribution in [1.29, 1.82) is 0 Å². The van der Waals surface area contributed by atoms with Crippen LogP contribution in [0.4, 0.5) is 5.69 Å². The summed E-state index contributed by atoms with van der Waals surface area (Å²) in [5.74, 6) is -0.0336. The van der Waals surface area contributed by atoms with Crippen LogP contribution in [0.15, 0.2) is 67.0 Å². The third kappa shape index (κ3) is 2.81. The van der Waals surface area contributed by atoms with E-state index in [0.717, 1.165) is 21.8 Å². The van der Waals surface area contributed by atoms with Gasteiger partial charge in [0.25, 0.3) is 0 Å². The molecular weight excluding hydrogens is 329 g/mol. The zero-order valence-corrected chi connectivity index (χ0v) is 14.5. The average Bonchev–Trinajstić information content (AvgIpc) is 3.05. The number of aromatic nitrogens is 2. The summed E-state index contributed by atoms with van der Waals surface area (Å²) < 4.78 is 0. The van der Waals surface area contributed by atoms with Crippen molar-refractivity contribution < 1.29 is 4.79 Å². The normalized spacial score (nSPS) is 10.9. The topological polar surface area (TPSA) is 71.8 Å². The van der Waals surface area contributed by atoms with Crippen molar-refractivity contribution in [2.24, 2.45) is 0 Å². The zero-order valence-electron chi connectivity index (χ0n) is 13.4. The molecule has 0 aliphatic carbocycles. The quantitative estimate of drug-likeness (QED) is 0.339.